The van der Waals surface area contributed by atoms with E-state index in [2.05, 4.69) is 15.5 Å². The molecule has 3 rings (SSSR count). The molecule has 7 nitrogen and oxygen atoms in total. The predicted molar refractivity (Wildman–Crippen MR) is 69.5 cm³/mol. The van der Waals surface area contributed by atoms with Crippen molar-refractivity contribution in [2.75, 3.05) is 17.2 Å². The molecule has 0 radical (unpaired) electrons. The van der Waals surface area contributed by atoms with E-state index in [4.69, 9.17) is 5.73 Å². The first kappa shape index (κ1) is 11.4. The molecule has 0 spiro atoms. The van der Waals surface area contributed by atoms with E-state index in [9.17, 15) is 9.59 Å². The van der Waals surface area contributed by atoms with Gasteiger partial charge in [0.25, 0.3) is 0 Å². The minimum Gasteiger partial charge on any atom is -0.382 e. The van der Waals surface area contributed by atoms with Crippen LogP contribution in [0.3, 0.4) is 0 Å². The van der Waals surface area contributed by atoms with E-state index in [1.165, 1.54) is 4.90 Å². The highest BCUT2D eigenvalue weighted by atomic mass is 16.2. The SMILES string of the molecule is Nc1nnc(N2CCC(=O)NC2=O)c2ccccc12. The number of aromatic nitrogens is 2. The maximum Gasteiger partial charge on any atom is 0.329 e. The van der Waals surface area contributed by atoms with E-state index in [0.29, 0.717) is 11.6 Å². The zero-order valence-electron chi connectivity index (χ0n) is 9.96. The van der Waals surface area contributed by atoms with E-state index in [1.54, 1.807) is 0 Å². The zero-order chi connectivity index (χ0) is 13.4. The fourth-order valence-corrected chi connectivity index (χ4v) is 2.08. The number of urea groups is 1. The molecular formula is C12H11N5O2. The summed E-state index contributed by atoms with van der Waals surface area (Å²) in [7, 11) is 0. The standard InChI is InChI=1S/C12H11N5O2/c13-10-7-3-1-2-4-8(7)11(16-15-10)17-6-5-9(18)14-12(17)19/h1-4H,5-6H2,(H2,13,15)(H,14,18,19). The molecule has 2 heterocycles. The van der Waals surface area contributed by atoms with Gasteiger partial charge in [0.1, 0.15) is 0 Å². The molecule has 2 aromatic rings. The highest BCUT2D eigenvalue weighted by molar-refractivity contribution is 6.09. The summed E-state index contributed by atoms with van der Waals surface area (Å²) in [5.41, 5.74) is 5.76. The normalized spacial score (nSPS) is 15.7. The van der Waals surface area contributed by atoms with Crippen molar-refractivity contribution in [2.45, 2.75) is 6.42 Å². The Morgan fingerprint density at radius 2 is 1.89 bits per heavy atom. The van der Waals surface area contributed by atoms with Crippen LogP contribution in [0, 0.1) is 0 Å². The summed E-state index contributed by atoms with van der Waals surface area (Å²) in [6.07, 6.45) is 0.242. The summed E-state index contributed by atoms with van der Waals surface area (Å²) in [5, 5.41) is 11.6. The zero-order valence-corrected chi connectivity index (χ0v) is 9.96. The van der Waals surface area contributed by atoms with Gasteiger partial charge in [0.2, 0.25) is 5.91 Å². The summed E-state index contributed by atoms with van der Waals surface area (Å²) in [6, 6.07) is 6.82. The van der Waals surface area contributed by atoms with Crippen LogP contribution in [-0.2, 0) is 4.79 Å². The van der Waals surface area contributed by atoms with Crippen molar-refractivity contribution >= 4 is 34.3 Å². The Balaban J connectivity index is 2.13. The minimum absolute atomic E-state index is 0.242. The van der Waals surface area contributed by atoms with Gasteiger partial charge >= 0.3 is 6.03 Å². The van der Waals surface area contributed by atoms with Crippen molar-refractivity contribution in [3.8, 4) is 0 Å². The number of nitrogens with one attached hydrogen (secondary N) is 1. The summed E-state index contributed by atoms with van der Waals surface area (Å²) < 4.78 is 0. The molecule has 3 amide bonds. The number of nitrogens with two attached hydrogens (primary N) is 1. The van der Waals surface area contributed by atoms with Gasteiger partial charge in [-0.3, -0.25) is 15.0 Å². The maximum atomic E-state index is 11.8. The summed E-state index contributed by atoms with van der Waals surface area (Å²) in [4.78, 5) is 24.4. The Kier molecular flexibility index (Phi) is 2.52. The fourth-order valence-electron chi connectivity index (χ4n) is 2.08. The number of rotatable bonds is 1. The molecule has 19 heavy (non-hydrogen) atoms. The molecule has 1 aromatic heterocycles. The Morgan fingerprint density at radius 3 is 2.63 bits per heavy atom. The van der Waals surface area contributed by atoms with Crippen LogP contribution in [0.25, 0.3) is 10.8 Å². The van der Waals surface area contributed by atoms with E-state index >= 15 is 0 Å². The molecule has 7 heteroatoms. The van der Waals surface area contributed by atoms with Crippen LogP contribution in [0.15, 0.2) is 24.3 Å². The Labute approximate surface area is 108 Å². The lowest BCUT2D eigenvalue weighted by Crippen LogP contribution is -2.50. The number of imide groups is 1. The molecule has 96 valence electrons. The molecule has 1 saturated heterocycles. The first-order chi connectivity index (χ1) is 9.16. The molecule has 1 aromatic carbocycles. The van der Waals surface area contributed by atoms with Gasteiger partial charge < -0.3 is 5.73 Å². The average Bonchev–Trinajstić information content (AvgIpc) is 2.41. The van der Waals surface area contributed by atoms with Gasteiger partial charge in [-0.1, -0.05) is 24.3 Å². The van der Waals surface area contributed by atoms with Crippen molar-refractivity contribution in [1.29, 1.82) is 0 Å². The highest BCUT2D eigenvalue weighted by Gasteiger charge is 2.27. The molecule has 0 aliphatic carbocycles. The Bertz CT molecular complexity index is 685. The molecule has 1 aliphatic heterocycles. The number of carbonyl (C=O) groups excluding carboxylic acids is 2. The van der Waals surface area contributed by atoms with Crippen molar-refractivity contribution < 1.29 is 9.59 Å². The van der Waals surface area contributed by atoms with E-state index in [0.717, 1.165) is 10.8 Å². The number of hydrogen-bond acceptors (Lipinski definition) is 5. The number of nitrogens with zero attached hydrogens (tertiary/aromatic N) is 3. The quantitative estimate of drug-likeness (QED) is 0.781. The number of benzene rings is 1. The van der Waals surface area contributed by atoms with E-state index < -0.39 is 6.03 Å². The third-order valence-corrected chi connectivity index (χ3v) is 3.01. The number of nitrogen functional groups attached to an aromatic ring is 1. The molecular weight excluding hydrogens is 246 g/mol. The smallest absolute Gasteiger partial charge is 0.329 e. The minimum atomic E-state index is -0.486. The highest BCUT2D eigenvalue weighted by Crippen LogP contribution is 2.27. The van der Waals surface area contributed by atoms with Gasteiger partial charge in [0, 0.05) is 23.7 Å². The van der Waals surface area contributed by atoms with Crippen LogP contribution in [0.1, 0.15) is 6.42 Å². The van der Waals surface area contributed by atoms with Crippen molar-refractivity contribution in [3.05, 3.63) is 24.3 Å². The van der Waals surface area contributed by atoms with Crippen LogP contribution in [0.4, 0.5) is 16.4 Å². The van der Waals surface area contributed by atoms with Crippen LogP contribution >= 0.6 is 0 Å². The van der Waals surface area contributed by atoms with Gasteiger partial charge in [-0.15, -0.1) is 10.2 Å². The van der Waals surface area contributed by atoms with Gasteiger partial charge in [0.05, 0.1) is 0 Å². The lowest BCUT2D eigenvalue weighted by Gasteiger charge is -2.26. The number of carbonyl (C=O) groups is 2. The summed E-state index contributed by atoms with van der Waals surface area (Å²) in [5.74, 6) is 0.441. The number of amides is 3. The third kappa shape index (κ3) is 1.85. The van der Waals surface area contributed by atoms with Crippen molar-refractivity contribution in [2.24, 2.45) is 0 Å². The molecule has 1 aliphatic rings. The second-order valence-corrected chi connectivity index (χ2v) is 4.21. The Morgan fingerprint density at radius 1 is 1.16 bits per heavy atom. The van der Waals surface area contributed by atoms with Gasteiger partial charge in [-0.2, -0.15) is 0 Å². The Hall–Kier alpha value is -2.70. The monoisotopic (exact) mass is 257 g/mol. The van der Waals surface area contributed by atoms with Crippen molar-refractivity contribution in [1.82, 2.24) is 15.5 Å². The lowest BCUT2D eigenvalue weighted by molar-refractivity contribution is -0.120. The van der Waals surface area contributed by atoms with Crippen molar-refractivity contribution in [3.63, 3.8) is 0 Å². The lowest BCUT2D eigenvalue weighted by atomic mass is 10.1. The van der Waals surface area contributed by atoms with Crippen LogP contribution in [0.5, 0.6) is 0 Å². The molecule has 0 bridgehead atoms. The fraction of sp³-hybridized carbons (Fsp3) is 0.167. The second kappa shape index (κ2) is 4.20. The topological polar surface area (TPSA) is 101 Å². The summed E-state index contributed by atoms with van der Waals surface area (Å²) in [6.45, 7) is 0.285. The number of anilines is 2. The van der Waals surface area contributed by atoms with Crippen LogP contribution < -0.4 is 16.0 Å². The summed E-state index contributed by atoms with van der Waals surface area (Å²) >= 11 is 0. The molecule has 3 N–H and O–H groups in total. The largest absolute Gasteiger partial charge is 0.382 e. The van der Waals surface area contributed by atoms with Gasteiger partial charge in [-0.05, 0) is 0 Å². The van der Waals surface area contributed by atoms with Gasteiger partial charge in [-0.25, -0.2) is 4.79 Å². The predicted octanol–water partition coefficient (Wildman–Crippen LogP) is 0.658. The number of hydrogen-bond donors (Lipinski definition) is 2. The average molecular weight is 257 g/mol. The molecule has 0 saturated carbocycles. The third-order valence-electron chi connectivity index (χ3n) is 3.01. The first-order valence-electron chi connectivity index (χ1n) is 5.79. The molecule has 0 unspecified atom stereocenters. The van der Waals surface area contributed by atoms with E-state index in [-0.39, 0.29) is 18.9 Å². The molecule has 0 atom stereocenters. The molecule has 1 fully saturated rings. The number of fused-ring (bicyclic) bond motifs is 1. The van der Waals surface area contributed by atoms with Crippen LogP contribution in [0.2, 0.25) is 0 Å². The van der Waals surface area contributed by atoms with E-state index in [1.807, 2.05) is 24.3 Å². The first-order valence-corrected chi connectivity index (χ1v) is 5.79. The van der Waals surface area contributed by atoms with Crippen LogP contribution in [-0.4, -0.2) is 28.7 Å². The maximum absolute atomic E-state index is 11.8. The second-order valence-electron chi connectivity index (χ2n) is 4.21. The van der Waals surface area contributed by atoms with Gasteiger partial charge in [0.15, 0.2) is 11.6 Å².